The molecule has 0 aliphatic carbocycles. The Balaban J connectivity index is 3.10. The van der Waals surface area contributed by atoms with Crippen LogP contribution in [0, 0.1) is 13.8 Å². The van der Waals surface area contributed by atoms with E-state index in [2.05, 4.69) is 4.72 Å². The van der Waals surface area contributed by atoms with E-state index in [0.29, 0.717) is 0 Å². The molecule has 0 saturated heterocycles. The smallest absolute Gasteiger partial charge is 0.240 e. The van der Waals surface area contributed by atoms with Gasteiger partial charge in [0.1, 0.15) is 0 Å². The van der Waals surface area contributed by atoms with Crippen LogP contribution in [0.5, 0.6) is 0 Å². The fourth-order valence-corrected chi connectivity index (χ4v) is 3.28. The van der Waals surface area contributed by atoms with Gasteiger partial charge in [-0.15, -0.1) is 11.6 Å². The lowest BCUT2D eigenvalue weighted by Gasteiger charge is -2.15. The highest BCUT2D eigenvalue weighted by atomic mass is 35.5. The molecule has 0 aliphatic heterocycles. The highest BCUT2D eigenvalue weighted by molar-refractivity contribution is 7.89. The molecule has 1 rings (SSSR count). The molecule has 0 heterocycles. The first-order chi connectivity index (χ1) is 8.81. The SMILES string of the molecule is COC(C)CNS(=O)(=O)c1cc(CCl)cc(C)c1C. The highest BCUT2D eigenvalue weighted by Crippen LogP contribution is 2.22. The second-order valence-corrected chi connectivity index (χ2v) is 6.57. The Kier molecular flexibility index (Phi) is 5.80. The second-order valence-electron chi connectivity index (χ2n) is 4.57. The van der Waals surface area contributed by atoms with Gasteiger partial charge in [0.15, 0.2) is 0 Å². The van der Waals surface area contributed by atoms with Crippen molar-refractivity contribution in [3.05, 3.63) is 28.8 Å². The first-order valence-electron chi connectivity index (χ1n) is 6.00. The number of nitrogens with one attached hydrogen (secondary N) is 1. The Bertz CT molecular complexity index is 543. The molecule has 0 spiro atoms. The van der Waals surface area contributed by atoms with Crippen molar-refractivity contribution in [1.29, 1.82) is 0 Å². The lowest BCUT2D eigenvalue weighted by atomic mass is 10.1. The largest absolute Gasteiger partial charge is 0.380 e. The third kappa shape index (κ3) is 4.18. The first kappa shape index (κ1) is 16.4. The Labute approximate surface area is 120 Å². The summed E-state index contributed by atoms with van der Waals surface area (Å²) in [5.74, 6) is 0.290. The molecule has 1 unspecified atom stereocenters. The van der Waals surface area contributed by atoms with Crippen molar-refractivity contribution in [2.75, 3.05) is 13.7 Å². The molecule has 1 atom stereocenters. The van der Waals surface area contributed by atoms with Crippen molar-refractivity contribution in [1.82, 2.24) is 4.72 Å². The van der Waals surface area contributed by atoms with Crippen LogP contribution in [0.3, 0.4) is 0 Å². The van der Waals surface area contributed by atoms with Crippen LogP contribution < -0.4 is 4.72 Å². The molecule has 1 N–H and O–H groups in total. The van der Waals surface area contributed by atoms with Gasteiger partial charge in [-0.2, -0.15) is 0 Å². The summed E-state index contributed by atoms with van der Waals surface area (Å²) in [4.78, 5) is 0.284. The fraction of sp³-hybridized carbons (Fsp3) is 0.538. The van der Waals surface area contributed by atoms with Crippen LogP contribution in [0.4, 0.5) is 0 Å². The zero-order chi connectivity index (χ0) is 14.6. The van der Waals surface area contributed by atoms with Crippen LogP contribution in [-0.2, 0) is 20.6 Å². The monoisotopic (exact) mass is 305 g/mol. The van der Waals surface area contributed by atoms with E-state index in [1.807, 2.05) is 13.0 Å². The summed E-state index contributed by atoms with van der Waals surface area (Å²) in [6, 6.07) is 3.52. The highest BCUT2D eigenvalue weighted by Gasteiger charge is 2.19. The first-order valence-corrected chi connectivity index (χ1v) is 8.02. The van der Waals surface area contributed by atoms with Crippen LogP contribution in [0.1, 0.15) is 23.6 Å². The molecule has 0 aliphatic rings. The van der Waals surface area contributed by atoms with Crippen molar-refractivity contribution >= 4 is 21.6 Å². The topological polar surface area (TPSA) is 55.4 Å². The normalized spacial score (nSPS) is 13.5. The quantitative estimate of drug-likeness (QED) is 0.821. The average Bonchev–Trinajstić information content (AvgIpc) is 2.38. The van der Waals surface area contributed by atoms with E-state index in [1.165, 1.54) is 0 Å². The van der Waals surface area contributed by atoms with E-state index < -0.39 is 10.0 Å². The number of ether oxygens (including phenoxy) is 1. The van der Waals surface area contributed by atoms with Crippen LogP contribution in [-0.4, -0.2) is 28.2 Å². The van der Waals surface area contributed by atoms with Crippen LogP contribution in [0.15, 0.2) is 17.0 Å². The molecule has 6 heteroatoms. The Morgan fingerprint density at radius 3 is 2.53 bits per heavy atom. The molecule has 0 aromatic heterocycles. The molecule has 0 saturated carbocycles. The summed E-state index contributed by atoms with van der Waals surface area (Å²) in [5, 5.41) is 0. The molecular weight excluding hydrogens is 286 g/mol. The molecule has 0 bridgehead atoms. The van der Waals surface area contributed by atoms with Gasteiger partial charge in [0.25, 0.3) is 0 Å². The van der Waals surface area contributed by atoms with Crippen LogP contribution in [0.2, 0.25) is 0 Å². The number of benzene rings is 1. The van der Waals surface area contributed by atoms with Gasteiger partial charge in [-0.1, -0.05) is 6.07 Å². The van der Waals surface area contributed by atoms with Crippen LogP contribution in [0.25, 0.3) is 0 Å². The number of hydrogen-bond acceptors (Lipinski definition) is 3. The van der Waals surface area contributed by atoms with Gasteiger partial charge in [0.2, 0.25) is 10.0 Å². The summed E-state index contributed by atoms with van der Waals surface area (Å²) >= 11 is 5.79. The summed E-state index contributed by atoms with van der Waals surface area (Å²) in [7, 11) is -2.00. The van der Waals surface area contributed by atoms with Gasteiger partial charge in [-0.25, -0.2) is 13.1 Å². The maximum absolute atomic E-state index is 12.3. The summed E-state index contributed by atoms with van der Waals surface area (Å²) in [6.07, 6.45) is -0.174. The molecule has 1 aromatic rings. The minimum Gasteiger partial charge on any atom is -0.380 e. The molecule has 19 heavy (non-hydrogen) atoms. The number of rotatable bonds is 6. The van der Waals surface area contributed by atoms with Crippen LogP contribution >= 0.6 is 11.6 Å². The zero-order valence-electron chi connectivity index (χ0n) is 11.7. The lowest BCUT2D eigenvalue weighted by Crippen LogP contribution is -2.32. The summed E-state index contributed by atoms with van der Waals surface area (Å²) in [6.45, 7) is 5.71. The fourth-order valence-electron chi connectivity index (χ4n) is 1.64. The maximum atomic E-state index is 12.3. The Hall–Kier alpha value is -0.620. The average molecular weight is 306 g/mol. The molecule has 4 nitrogen and oxygen atoms in total. The van der Waals surface area contributed by atoms with Crippen molar-refractivity contribution < 1.29 is 13.2 Å². The molecule has 0 radical (unpaired) electrons. The van der Waals surface area contributed by atoms with Gasteiger partial charge < -0.3 is 4.74 Å². The van der Waals surface area contributed by atoms with Crippen molar-refractivity contribution in [2.24, 2.45) is 0 Å². The van der Waals surface area contributed by atoms with E-state index in [4.69, 9.17) is 16.3 Å². The van der Waals surface area contributed by atoms with E-state index >= 15 is 0 Å². The van der Waals surface area contributed by atoms with Gasteiger partial charge in [0, 0.05) is 19.5 Å². The summed E-state index contributed by atoms with van der Waals surface area (Å²) in [5.41, 5.74) is 2.45. The minimum atomic E-state index is -3.54. The molecule has 0 fully saturated rings. The van der Waals surface area contributed by atoms with Crippen molar-refractivity contribution in [2.45, 2.75) is 37.7 Å². The maximum Gasteiger partial charge on any atom is 0.240 e. The number of halogens is 1. The molecule has 108 valence electrons. The van der Waals surface area contributed by atoms with Crippen molar-refractivity contribution in [3.8, 4) is 0 Å². The number of hydrogen-bond donors (Lipinski definition) is 1. The Morgan fingerprint density at radius 2 is 2.00 bits per heavy atom. The van der Waals surface area contributed by atoms with E-state index in [1.54, 1.807) is 27.0 Å². The molecular formula is C13H20ClNO3S. The van der Waals surface area contributed by atoms with Gasteiger partial charge in [-0.3, -0.25) is 0 Å². The number of alkyl halides is 1. The molecule has 1 aromatic carbocycles. The van der Waals surface area contributed by atoms with E-state index in [0.717, 1.165) is 16.7 Å². The standard InChI is InChI=1S/C13H20ClNO3S/c1-9-5-12(7-14)6-13(11(9)3)19(16,17)15-8-10(2)18-4/h5-6,10,15H,7-8H2,1-4H3. The van der Waals surface area contributed by atoms with Gasteiger partial charge in [0.05, 0.1) is 11.0 Å². The predicted molar refractivity (Wildman–Crippen MR) is 77.1 cm³/mol. The van der Waals surface area contributed by atoms with Gasteiger partial charge in [-0.05, 0) is 43.5 Å². The third-order valence-electron chi connectivity index (χ3n) is 3.09. The molecule has 0 amide bonds. The number of sulfonamides is 1. The Morgan fingerprint density at radius 1 is 1.37 bits per heavy atom. The number of aryl methyl sites for hydroxylation is 1. The zero-order valence-corrected chi connectivity index (χ0v) is 13.2. The minimum absolute atomic E-state index is 0.174. The second kappa shape index (κ2) is 6.70. The summed E-state index contributed by atoms with van der Waals surface area (Å²) < 4.78 is 32.1. The van der Waals surface area contributed by atoms with Gasteiger partial charge >= 0.3 is 0 Å². The van der Waals surface area contributed by atoms with E-state index in [-0.39, 0.29) is 23.4 Å². The lowest BCUT2D eigenvalue weighted by molar-refractivity contribution is 0.122. The number of methoxy groups -OCH3 is 1. The van der Waals surface area contributed by atoms with Crippen molar-refractivity contribution in [3.63, 3.8) is 0 Å². The third-order valence-corrected chi connectivity index (χ3v) is 4.94. The van der Waals surface area contributed by atoms with E-state index in [9.17, 15) is 8.42 Å². The predicted octanol–water partition coefficient (Wildman–Crippen LogP) is 2.36.